The smallest absolute Gasteiger partial charge is 0.264 e. The van der Waals surface area contributed by atoms with Gasteiger partial charge >= 0.3 is 0 Å². The van der Waals surface area contributed by atoms with Crippen LogP contribution in [0.3, 0.4) is 0 Å². The molecule has 2 aromatic rings. The van der Waals surface area contributed by atoms with Crippen molar-refractivity contribution in [2.24, 2.45) is 4.99 Å². The van der Waals surface area contributed by atoms with E-state index < -0.39 is 0 Å². The van der Waals surface area contributed by atoms with Crippen molar-refractivity contribution in [3.63, 3.8) is 0 Å². The fraction of sp³-hybridized carbons (Fsp3) is 0.385. The number of nitrogens with zero attached hydrogens (tertiary/aromatic N) is 2. The lowest BCUT2D eigenvalue weighted by Crippen LogP contribution is -2.48. The van der Waals surface area contributed by atoms with Crippen LogP contribution in [0.1, 0.15) is 62.3 Å². The zero-order valence-corrected chi connectivity index (χ0v) is 20.1. The van der Waals surface area contributed by atoms with Crippen molar-refractivity contribution in [3.05, 3.63) is 63.6 Å². The lowest BCUT2D eigenvalue weighted by atomic mass is 9.79. The third-order valence-corrected chi connectivity index (χ3v) is 7.31. The summed E-state index contributed by atoms with van der Waals surface area (Å²) in [7, 11) is 0. The van der Waals surface area contributed by atoms with Crippen LogP contribution in [0.25, 0.3) is 6.08 Å². The largest absolute Gasteiger partial charge is 0.366 e. The second-order valence-corrected chi connectivity index (χ2v) is 10.3. The molecular weight excluding hydrogens is 402 g/mol. The lowest BCUT2D eigenvalue weighted by molar-refractivity contribution is -0.115. The van der Waals surface area contributed by atoms with E-state index in [9.17, 15) is 4.79 Å². The van der Waals surface area contributed by atoms with Gasteiger partial charge in [0.25, 0.3) is 5.91 Å². The first kappa shape index (κ1) is 21.7. The Labute approximate surface area is 189 Å². The van der Waals surface area contributed by atoms with Gasteiger partial charge in [0.15, 0.2) is 5.17 Å². The van der Waals surface area contributed by atoms with Crippen LogP contribution in [-0.2, 0) is 4.79 Å². The van der Waals surface area contributed by atoms with Crippen molar-refractivity contribution in [2.45, 2.75) is 59.4 Å². The van der Waals surface area contributed by atoms with Crippen LogP contribution < -0.4 is 10.2 Å². The Balaban J connectivity index is 1.61. The number of rotatable bonds is 3. The number of nitrogens with one attached hydrogen (secondary N) is 1. The molecule has 2 aliphatic heterocycles. The van der Waals surface area contributed by atoms with E-state index in [0.717, 1.165) is 24.2 Å². The van der Waals surface area contributed by atoms with Crippen molar-refractivity contribution in [2.75, 3.05) is 11.4 Å². The van der Waals surface area contributed by atoms with Gasteiger partial charge in [0, 0.05) is 17.8 Å². The number of amidine groups is 1. The number of carbonyl (C=O) groups is 1. The van der Waals surface area contributed by atoms with Crippen molar-refractivity contribution < 1.29 is 4.79 Å². The highest BCUT2D eigenvalue weighted by Gasteiger charge is 2.35. The van der Waals surface area contributed by atoms with Crippen LogP contribution in [0.5, 0.6) is 0 Å². The third-order valence-electron chi connectivity index (χ3n) is 6.40. The van der Waals surface area contributed by atoms with E-state index in [0.29, 0.717) is 16.0 Å². The predicted octanol–water partition coefficient (Wildman–Crippen LogP) is 6.31. The molecule has 0 spiro atoms. The van der Waals surface area contributed by atoms with Gasteiger partial charge in [-0.25, -0.2) is 4.99 Å². The monoisotopic (exact) mass is 433 g/mol. The number of hydrogen-bond acceptors (Lipinski definition) is 4. The van der Waals surface area contributed by atoms with E-state index in [-0.39, 0.29) is 11.4 Å². The maximum Gasteiger partial charge on any atom is 0.264 e. The minimum atomic E-state index is -0.0883. The number of amides is 1. The van der Waals surface area contributed by atoms with E-state index in [1.54, 1.807) is 0 Å². The Morgan fingerprint density at radius 3 is 2.68 bits per heavy atom. The number of carbonyl (C=O) groups excluding carboxylic acids is 1. The van der Waals surface area contributed by atoms with Crippen molar-refractivity contribution in [1.29, 1.82) is 0 Å². The zero-order chi connectivity index (χ0) is 22.3. The molecule has 1 amide bonds. The number of fused-ring (bicyclic) bond motifs is 1. The summed E-state index contributed by atoms with van der Waals surface area (Å²) in [6, 6.07) is 12.7. The summed E-state index contributed by atoms with van der Waals surface area (Å²) >= 11 is 1.40. The van der Waals surface area contributed by atoms with Crippen LogP contribution in [0, 0.1) is 13.8 Å². The molecule has 1 unspecified atom stereocenters. The normalized spacial score (nSPS) is 22.7. The molecule has 5 heteroatoms. The van der Waals surface area contributed by atoms with E-state index in [2.05, 4.69) is 81.0 Å². The molecule has 1 saturated heterocycles. The fourth-order valence-electron chi connectivity index (χ4n) is 4.74. The summed E-state index contributed by atoms with van der Waals surface area (Å²) in [5.74, 6) is 0.396. The zero-order valence-electron chi connectivity index (χ0n) is 19.2. The number of anilines is 1. The minimum absolute atomic E-state index is 0.0883. The van der Waals surface area contributed by atoms with Crippen LogP contribution in [0.2, 0.25) is 0 Å². The van der Waals surface area contributed by atoms with Crippen LogP contribution in [0.4, 0.5) is 11.4 Å². The molecule has 2 aromatic carbocycles. The van der Waals surface area contributed by atoms with Gasteiger partial charge in [-0.15, -0.1) is 0 Å². The third kappa shape index (κ3) is 4.29. The molecule has 1 fully saturated rings. The van der Waals surface area contributed by atoms with Crippen LogP contribution in [-0.4, -0.2) is 23.2 Å². The highest BCUT2D eigenvalue weighted by Crippen LogP contribution is 2.43. The van der Waals surface area contributed by atoms with E-state index in [1.807, 2.05) is 18.2 Å². The first-order chi connectivity index (χ1) is 14.7. The van der Waals surface area contributed by atoms with Gasteiger partial charge in [-0.3, -0.25) is 4.79 Å². The lowest BCUT2D eigenvalue weighted by Gasteiger charge is -2.47. The van der Waals surface area contributed by atoms with E-state index >= 15 is 0 Å². The SMILES string of the molecule is CCN1c2ccc(/C=C3/SC(=Nc4ccc(C)c(C)c4)NC3=O)cc2C(C)CC1(C)C. The Kier molecular flexibility index (Phi) is 5.73. The van der Waals surface area contributed by atoms with Gasteiger partial charge in [-0.05, 0) is 111 Å². The van der Waals surface area contributed by atoms with Crippen LogP contribution in [0.15, 0.2) is 46.3 Å². The maximum absolute atomic E-state index is 12.5. The first-order valence-corrected chi connectivity index (χ1v) is 11.8. The predicted molar refractivity (Wildman–Crippen MR) is 133 cm³/mol. The molecule has 0 saturated carbocycles. The van der Waals surface area contributed by atoms with Gasteiger partial charge in [0.1, 0.15) is 0 Å². The number of aryl methyl sites for hydroxylation is 2. The molecule has 4 nitrogen and oxygen atoms in total. The van der Waals surface area contributed by atoms with Gasteiger partial charge < -0.3 is 10.2 Å². The number of aliphatic imine (C=N–C) groups is 1. The molecule has 162 valence electrons. The highest BCUT2D eigenvalue weighted by atomic mass is 32.2. The number of hydrogen-bond donors (Lipinski definition) is 1. The Morgan fingerprint density at radius 1 is 1.19 bits per heavy atom. The topological polar surface area (TPSA) is 44.7 Å². The van der Waals surface area contributed by atoms with Gasteiger partial charge in [0.05, 0.1) is 10.6 Å². The van der Waals surface area contributed by atoms with E-state index in [1.165, 1.54) is 34.1 Å². The van der Waals surface area contributed by atoms with Gasteiger partial charge in [-0.1, -0.05) is 19.1 Å². The summed E-state index contributed by atoms with van der Waals surface area (Å²) < 4.78 is 0. The second kappa shape index (κ2) is 8.19. The molecule has 0 aromatic heterocycles. The minimum Gasteiger partial charge on any atom is -0.366 e. The molecule has 2 heterocycles. The standard InChI is InChI=1S/C26H31N3OS/c1-7-29-22-11-9-19(13-21(22)18(4)15-26(29,5)6)14-23-24(30)28-25(31-23)27-20-10-8-16(2)17(3)12-20/h8-14,18H,7,15H2,1-6H3,(H,27,28,30)/b23-14+. The average Bonchev–Trinajstić information content (AvgIpc) is 3.03. The van der Waals surface area contributed by atoms with Gasteiger partial charge in [-0.2, -0.15) is 0 Å². The molecule has 0 bridgehead atoms. The van der Waals surface area contributed by atoms with Crippen molar-refractivity contribution >= 4 is 40.3 Å². The Hall–Kier alpha value is -2.53. The maximum atomic E-state index is 12.5. The van der Waals surface area contributed by atoms with E-state index in [4.69, 9.17) is 0 Å². The second-order valence-electron chi connectivity index (χ2n) is 9.23. The fourth-order valence-corrected chi connectivity index (χ4v) is 5.58. The van der Waals surface area contributed by atoms with Gasteiger partial charge in [0.2, 0.25) is 0 Å². The van der Waals surface area contributed by atoms with Crippen molar-refractivity contribution in [1.82, 2.24) is 5.32 Å². The highest BCUT2D eigenvalue weighted by molar-refractivity contribution is 8.18. The average molecular weight is 434 g/mol. The summed E-state index contributed by atoms with van der Waals surface area (Å²) in [6.07, 6.45) is 3.10. The quantitative estimate of drug-likeness (QED) is 0.577. The first-order valence-electron chi connectivity index (χ1n) is 11.0. The molecule has 1 N–H and O–H groups in total. The number of benzene rings is 2. The molecular formula is C26H31N3OS. The molecule has 1 atom stereocenters. The Morgan fingerprint density at radius 2 is 1.97 bits per heavy atom. The molecule has 0 aliphatic carbocycles. The molecule has 31 heavy (non-hydrogen) atoms. The summed E-state index contributed by atoms with van der Waals surface area (Å²) in [5, 5.41) is 3.53. The summed E-state index contributed by atoms with van der Waals surface area (Å²) in [4.78, 5) is 20.3. The summed E-state index contributed by atoms with van der Waals surface area (Å²) in [5.41, 5.74) is 7.18. The molecule has 4 rings (SSSR count). The molecule has 2 aliphatic rings. The Bertz CT molecular complexity index is 1100. The summed E-state index contributed by atoms with van der Waals surface area (Å²) in [6.45, 7) is 14.3. The number of thioether (sulfide) groups is 1. The molecule has 0 radical (unpaired) electrons. The van der Waals surface area contributed by atoms with Crippen LogP contribution >= 0.6 is 11.8 Å². The van der Waals surface area contributed by atoms with Crippen molar-refractivity contribution in [3.8, 4) is 0 Å².